The number of nitrogens with one attached hydrogen (secondary N) is 2. The molecule has 0 aliphatic carbocycles. The first-order valence-corrected chi connectivity index (χ1v) is 12.5. The number of para-hydroxylation sites is 1. The van der Waals surface area contributed by atoms with Crippen LogP contribution in [0.15, 0.2) is 72.8 Å². The van der Waals surface area contributed by atoms with Crippen LogP contribution in [-0.4, -0.2) is 67.4 Å². The van der Waals surface area contributed by atoms with Crippen molar-refractivity contribution in [2.24, 2.45) is 0 Å². The zero-order valence-corrected chi connectivity index (χ0v) is 21.5. The number of carbonyl (C=O) groups excluding carboxylic acids is 2. The summed E-state index contributed by atoms with van der Waals surface area (Å²) in [5.41, 5.74) is 5.57. The molecule has 1 aliphatic heterocycles. The molecule has 7 nitrogen and oxygen atoms in total. The fourth-order valence-electron chi connectivity index (χ4n) is 5.10. The maximum absolute atomic E-state index is 13.7. The van der Waals surface area contributed by atoms with E-state index in [1.54, 1.807) is 7.11 Å². The van der Waals surface area contributed by atoms with Crippen LogP contribution in [0.2, 0.25) is 0 Å². The summed E-state index contributed by atoms with van der Waals surface area (Å²) < 4.78 is 5.50. The van der Waals surface area contributed by atoms with Crippen LogP contribution in [-0.2, 0) is 4.79 Å². The molecule has 37 heavy (non-hydrogen) atoms. The second-order valence-corrected chi connectivity index (χ2v) is 9.58. The monoisotopic (exact) mass is 496 g/mol. The second kappa shape index (κ2) is 10.5. The SMILES string of the molecule is COc1cccc(-c2[nH]c3ccccc3c2C2c3ccccc3C(=O)N2CCC(=O)NCCN(C)C)c1. The topological polar surface area (TPSA) is 77.7 Å². The zero-order valence-electron chi connectivity index (χ0n) is 21.5. The quantitative estimate of drug-likeness (QED) is 0.359. The van der Waals surface area contributed by atoms with Crippen molar-refractivity contribution in [2.45, 2.75) is 12.5 Å². The highest BCUT2D eigenvalue weighted by Crippen LogP contribution is 2.45. The molecular formula is C30H32N4O3. The standard InChI is InChI=1S/C30H32N4O3/c1-33(2)18-16-31-26(35)15-17-34-29(22-11-4-5-12-23(22)30(34)36)27-24-13-6-7-14-25(24)32-28(27)20-9-8-10-21(19-20)37-3/h4-14,19,29,32H,15-18H2,1-3H3,(H,31,35). The van der Waals surface area contributed by atoms with Crippen LogP contribution in [0.3, 0.4) is 0 Å². The molecule has 0 saturated heterocycles. The summed E-state index contributed by atoms with van der Waals surface area (Å²) in [5.74, 6) is 0.649. The van der Waals surface area contributed by atoms with Gasteiger partial charge in [0.1, 0.15) is 5.75 Å². The van der Waals surface area contributed by atoms with Crippen LogP contribution < -0.4 is 10.1 Å². The number of H-pyrrole nitrogens is 1. The van der Waals surface area contributed by atoms with Crippen LogP contribution in [0.25, 0.3) is 22.2 Å². The molecule has 0 bridgehead atoms. The first-order valence-electron chi connectivity index (χ1n) is 12.5. The molecule has 0 radical (unpaired) electrons. The Morgan fingerprint density at radius 1 is 1.05 bits per heavy atom. The molecule has 190 valence electrons. The van der Waals surface area contributed by atoms with E-state index in [0.717, 1.165) is 45.6 Å². The van der Waals surface area contributed by atoms with Crippen LogP contribution in [0.1, 0.15) is 33.9 Å². The van der Waals surface area contributed by atoms with E-state index in [4.69, 9.17) is 4.74 Å². The summed E-state index contributed by atoms with van der Waals surface area (Å²) in [6, 6.07) is 23.5. The number of carbonyl (C=O) groups is 2. The van der Waals surface area contributed by atoms with Gasteiger partial charge in [-0.15, -0.1) is 0 Å². The molecule has 1 aliphatic rings. The van der Waals surface area contributed by atoms with Crippen LogP contribution >= 0.6 is 0 Å². The van der Waals surface area contributed by atoms with Gasteiger partial charge in [-0.3, -0.25) is 9.59 Å². The lowest BCUT2D eigenvalue weighted by molar-refractivity contribution is -0.121. The van der Waals surface area contributed by atoms with Gasteiger partial charge in [-0.05, 0) is 43.9 Å². The van der Waals surface area contributed by atoms with E-state index < -0.39 is 0 Å². The summed E-state index contributed by atoms with van der Waals surface area (Å²) >= 11 is 0. The average molecular weight is 497 g/mol. The van der Waals surface area contributed by atoms with E-state index in [9.17, 15) is 9.59 Å². The van der Waals surface area contributed by atoms with Gasteiger partial charge < -0.3 is 24.8 Å². The number of aromatic amines is 1. The Kier molecular flexibility index (Phi) is 6.97. The highest BCUT2D eigenvalue weighted by Gasteiger charge is 2.40. The minimum absolute atomic E-state index is 0.0523. The van der Waals surface area contributed by atoms with Crippen LogP contribution in [0.5, 0.6) is 5.75 Å². The van der Waals surface area contributed by atoms with Crippen molar-refractivity contribution in [1.29, 1.82) is 0 Å². The minimum atomic E-state index is -0.323. The van der Waals surface area contributed by atoms with E-state index in [-0.39, 0.29) is 24.3 Å². The predicted molar refractivity (Wildman–Crippen MR) is 146 cm³/mol. The van der Waals surface area contributed by atoms with Gasteiger partial charge in [-0.25, -0.2) is 0 Å². The van der Waals surface area contributed by atoms with Crippen molar-refractivity contribution < 1.29 is 14.3 Å². The molecule has 1 unspecified atom stereocenters. The zero-order chi connectivity index (χ0) is 25.9. The highest BCUT2D eigenvalue weighted by molar-refractivity contribution is 6.02. The van der Waals surface area contributed by atoms with Gasteiger partial charge in [0.25, 0.3) is 5.91 Å². The Hall–Kier alpha value is -4.10. The number of hydrogen-bond acceptors (Lipinski definition) is 4. The third-order valence-corrected chi connectivity index (χ3v) is 6.90. The molecule has 2 amide bonds. The van der Waals surface area contributed by atoms with Crippen molar-refractivity contribution in [1.82, 2.24) is 20.1 Å². The molecule has 2 N–H and O–H groups in total. The number of aromatic nitrogens is 1. The molecule has 5 rings (SSSR count). The summed E-state index contributed by atoms with van der Waals surface area (Å²) in [5, 5.41) is 4.02. The summed E-state index contributed by atoms with van der Waals surface area (Å²) in [7, 11) is 5.60. The van der Waals surface area contributed by atoms with Crippen molar-refractivity contribution in [3.05, 3.63) is 89.5 Å². The van der Waals surface area contributed by atoms with E-state index in [0.29, 0.717) is 18.7 Å². The Balaban J connectivity index is 1.57. The maximum Gasteiger partial charge on any atom is 0.255 e. The van der Waals surface area contributed by atoms with Gasteiger partial charge in [-0.1, -0.05) is 48.5 Å². The molecule has 1 atom stereocenters. The Labute approximate surface area is 217 Å². The Morgan fingerprint density at radius 2 is 1.84 bits per heavy atom. The summed E-state index contributed by atoms with van der Waals surface area (Å²) in [4.78, 5) is 33.8. The summed E-state index contributed by atoms with van der Waals surface area (Å²) in [6.45, 7) is 1.66. The van der Waals surface area contributed by atoms with Gasteiger partial charge >= 0.3 is 0 Å². The van der Waals surface area contributed by atoms with Gasteiger partial charge in [0.2, 0.25) is 5.91 Å². The molecule has 0 spiro atoms. The normalized spacial score (nSPS) is 14.9. The third kappa shape index (κ3) is 4.82. The molecule has 0 fully saturated rings. The number of rotatable bonds is 9. The van der Waals surface area contributed by atoms with E-state index in [2.05, 4.69) is 16.4 Å². The number of ether oxygens (including phenoxy) is 1. The third-order valence-electron chi connectivity index (χ3n) is 6.90. The fourth-order valence-corrected chi connectivity index (χ4v) is 5.10. The molecule has 2 heterocycles. The number of amides is 2. The first kappa shape index (κ1) is 24.6. The molecule has 4 aromatic rings. The fraction of sp³-hybridized carbons (Fsp3) is 0.267. The number of hydrogen-bond donors (Lipinski definition) is 2. The van der Waals surface area contributed by atoms with E-state index in [1.165, 1.54) is 0 Å². The number of likely N-dealkylation sites (N-methyl/N-ethyl adjacent to an activating group) is 1. The van der Waals surface area contributed by atoms with Crippen LogP contribution in [0.4, 0.5) is 0 Å². The number of fused-ring (bicyclic) bond motifs is 2. The number of benzene rings is 3. The molecular weight excluding hydrogens is 464 g/mol. The summed E-state index contributed by atoms with van der Waals surface area (Å²) in [6.07, 6.45) is 0.237. The number of nitrogens with zero attached hydrogens (tertiary/aromatic N) is 2. The molecule has 0 saturated carbocycles. The van der Waals surface area contributed by atoms with Gasteiger partial charge in [0.15, 0.2) is 0 Å². The van der Waals surface area contributed by atoms with Gasteiger partial charge in [0, 0.05) is 53.6 Å². The van der Waals surface area contributed by atoms with Crippen LogP contribution in [0, 0.1) is 0 Å². The number of methoxy groups -OCH3 is 1. The lowest BCUT2D eigenvalue weighted by Gasteiger charge is -2.26. The maximum atomic E-state index is 13.7. The second-order valence-electron chi connectivity index (χ2n) is 9.58. The largest absolute Gasteiger partial charge is 0.497 e. The molecule has 3 aromatic carbocycles. The smallest absolute Gasteiger partial charge is 0.255 e. The van der Waals surface area contributed by atoms with Crippen molar-refractivity contribution >= 4 is 22.7 Å². The predicted octanol–water partition coefficient (Wildman–Crippen LogP) is 4.46. The molecule has 1 aromatic heterocycles. The highest BCUT2D eigenvalue weighted by atomic mass is 16.5. The van der Waals surface area contributed by atoms with Gasteiger partial charge in [-0.2, -0.15) is 0 Å². The van der Waals surface area contributed by atoms with Crippen molar-refractivity contribution in [3.8, 4) is 17.0 Å². The van der Waals surface area contributed by atoms with Crippen molar-refractivity contribution in [3.63, 3.8) is 0 Å². The van der Waals surface area contributed by atoms with E-state index >= 15 is 0 Å². The lowest BCUT2D eigenvalue weighted by atomic mass is 9.93. The van der Waals surface area contributed by atoms with Crippen molar-refractivity contribution in [2.75, 3.05) is 40.8 Å². The van der Waals surface area contributed by atoms with E-state index in [1.807, 2.05) is 90.6 Å². The average Bonchev–Trinajstić information content (AvgIpc) is 3.42. The first-order chi connectivity index (χ1) is 18.0. The van der Waals surface area contributed by atoms with Gasteiger partial charge in [0.05, 0.1) is 18.8 Å². The Morgan fingerprint density at radius 3 is 2.65 bits per heavy atom. The lowest BCUT2D eigenvalue weighted by Crippen LogP contribution is -2.36. The minimum Gasteiger partial charge on any atom is -0.497 e. The Bertz CT molecular complexity index is 1440. The molecule has 7 heteroatoms.